The number of unbranched alkanes of at least 4 members (excludes halogenated alkanes) is 1. The van der Waals surface area contributed by atoms with E-state index in [1.54, 1.807) is 6.20 Å². The molecular formula is C30H35N5O4S. The molecule has 1 fully saturated rings. The van der Waals surface area contributed by atoms with Gasteiger partial charge in [0.25, 0.3) is 0 Å². The summed E-state index contributed by atoms with van der Waals surface area (Å²) < 4.78 is 29.1. The molecule has 4 rings (SSSR count). The van der Waals surface area contributed by atoms with Gasteiger partial charge in [0.1, 0.15) is 17.8 Å². The van der Waals surface area contributed by atoms with Crippen LogP contribution in [-0.4, -0.2) is 66.0 Å². The van der Waals surface area contributed by atoms with Gasteiger partial charge in [-0.2, -0.15) is 0 Å². The third kappa shape index (κ3) is 7.58. The lowest BCUT2D eigenvalue weighted by Gasteiger charge is -2.33. The number of rotatable bonds is 11. The van der Waals surface area contributed by atoms with Crippen molar-refractivity contribution in [1.29, 1.82) is 0 Å². The first-order valence-electron chi connectivity index (χ1n) is 13.5. The van der Waals surface area contributed by atoms with Crippen LogP contribution in [0.25, 0.3) is 0 Å². The van der Waals surface area contributed by atoms with Crippen LogP contribution < -0.4 is 10.0 Å². The number of nitrogens with one attached hydrogen (secondary N) is 3. The SMILES string of the molecule is CCCCS(=O)(=O)N[C@@H](C(=O)N1CCC[C@H]1C(=O)NCC#Cc1cnc[nH]1)C(c1ccccc1)c1ccccc1. The number of nitrogens with zero attached hydrogens (tertiary/aromatic N) is 2. The molecule has 1 saturated heterocycles. The Morgan fingerprint density at radius 2 is 1.77 bits per heavy atom. The molecule has 3 aromatic rings. The summed E-state index contributed by atoms with van der Waals surface area (Å²) in [5.74, 6) is 4.35. The van der Waals surface area contributed by atoms with Gasteiger partial charge < -0.3 is 15.2 Å². The summed E-state index contributed by atoms with van der Waals surface area (Å²) in [5.41, 5.74) is 2.25. The van der Waals surface area contributed by atoms with Crippen molar-refractivity contribution in [3.05, 3.63) is 90.0 Å². The number of likely N-dealkylation sites (tertiary alicyclic amines) is 1. The number of benzene rings is 2. The quantitative estimate of drug-likeness (QED) is 0.311. The molecule has 2 heterocycles. The van der Waals surface area contributed by atoms with Crippen LogP contribution in [-0.2, 0) is 19.6 Å². The van der Waals surface area contributed by atoms with Gasteiger partial charge in [-0.05, 0) is 36.3 Å². The zero-order valence-electron chi connectivity index (χ0n) is 22.5. The van der Waals surface area contributed by atoms with Crippen molar-refractivity contribution in [1.82, 2.24) is 24.9 Å². The maximum Gasteiger partial charge on any atom is 0.243 e. The molecule has 0 saturated carbocycles. The first-order chi connectivity index (χ1) is 19.4. The van der Waals surface area contributed by atoms with E-state index in [4.69, 9.17) is 0 Å². The van der Waals surface area contributed by atoms with Crippen LogP contribution in [0.3, 0.4) is 0 Å². The second-order valence-electron chi connectivity index (χ2n) is 9.74. The number of aromatic amines is 1. The highest BCUT2D eigenvalue weighted by molar-refractivity contribution is 7.89. The van der Waals surface area contributed by atoms with Crippen LogP contribution in [0.1, 0.15) is 55.3 Å². The molecule has 0 bridgehead atoms. The van der Waals surface area contributed by atoms with E-state index in [2.05, 4.69) is 31.8 Å². The van der Waals surface area contributed by atoms with Crippen molar-refractivity contribution >= 4 is 21.8 Å². The molecule has 1 aliphatic heterocycles. The molecule has 2 aromatic carbocycles. The van der Waals surface area contributed by atoms with Crippen LogP contribution >= 0.6 is 0 Å². The largest absolute Gasteiger partial charge is 0.343 e. The molecule has 10 heteroatoms. The van der Waals surface area contributed by atoms with Crippen LogP contribution in [0.2, 0.25) is 0 Å². The van der Waals surface area contributed by atoms with E-state index in [9.17, 15) is 18.0 Å². The van der Waals surface area contributed by atoms with Gasteiger partial charge in [0, 0.05) is 12.5 Å². The van der Waals surface area contributed by atoms with E-state index >= 15 is 0 Å². The molecule has 40 heavy (non-hydrogen) atoms. The molecule has 0 radical (unpaired) electrons. The molecule has 0 unspecified atom stereocenters. The number of carbonyl (C=O) groups is 2. The third-order valence-electron chi connectivity index (χ3n) is 6.90. The Balaban J connectivity index is 1.62. The van der Waals surface area contributed by atoms with Crippen molar-refractivity contribution in [2.45, 2.75) is 50.6 Å². The maximum atomic E-state index is 14.3. The van der Waals surface area contributed by atoms with E-state index in [1.807, 2.05) is 67.6 Å². The molecule has 0 spiro atoms. The summed E-state index contributed by atoms with van der Waals surface area (Å²) in [7, 11) is -3.78. The number of aromatic nitrogens is 2. The Morgan fingerprint density at radius 1 is 1.10 bits per heavy atom. The Hall–Kier alpha value is -3.94. The van der Waals surface area contributed by atoms with Gasteiger partial charge in [-0.1, -0.05) is 79.9 Å². The van der Waals surface area contributed by atoms with E-state index in [1.165, 1.54) is 11.2 Å². The molecule has 210 valence electrons. The van der Waals surface area contributed by atoms with Gasteiger partial charge in [0.2, 0.25) is 21.8 Å². The monoisotopic (exact) mass is 561 g/mol. The van der Waals surface area contributed by atoms with Crippen molar-refractivity contribution in [2.24, 2.45) is 0 Å². The number of carbonyl (C=O) groups excluding carboxylic acids is 2. The van der Waals surface area contributed by atoms with Gasteiger partial charge in [-0.3, -0.25) is 9.59 Å². The van der Waals surface area contributed by atoms with Crippen molar-refractivity contribution in [3.8, 4) is 11.8 Å². The topological polar surface area (TPSA) is 124 Å². The Bertz CT molecular complexity index is 1380. The highest BCUT2D eigenvalue weighted by Crippen LogP contribution is 2.31. The molecule has 0 aliphatic carbocycles. The Kier molecular flexibility index (Phi) is 10.1. The molecule has 2 atom stereocenters. The lowest BCUT2D eigenvalue weighted by molar-refractivity contribution is -0.139. The first kappa shape index (κ1) is 29.1. The zero-order chi connectivity index (χ0) is 28.4. The summed E-state index contributed by atoms with van der Waals surface area (Å²) in [5, 5.41) is 2.80. The van der Waals surface area contributed by atoms with E-state index in [0.29, 0.717) is 37.9 Å². The number of H-pyrrole nitrogens is 1. The van der Waals surface area contributed by atoms with Crippen molar-refractivity contribution in [3.63, 3.8) is 0 Å². The predicted octanol–water partition coefficient (Wildman–Crippen LogP) is 2.79. The fourth-order valence-electron chi connectivity index (χ4n) is 4.94. The summed E-state index contributed by atoms with van der Waals surface area (Å²) in [6.45, 7) is 2.39. The van der Waals surface area contributed by atoms with Gasteiger partial charge in [0.05, 0.1) is 24.8 Å². The summed E-state index contributed by atoms with van der Waals surface area (Å²) >= 11 is 0. The number of amides is 2. The third-order valence-corrected chi connectivity index (χ3v) is 8.34. The average molecular weight is 562 g/mol. The van der Waals surface area contributed by atoms with Crippen molar-refractivity contribution < 1.29 is 18.0 Å². The summed E-state index contributed by atoms with van der Waals surface area (Å²) in [6, 6.07) is 17.0. The van der Waals surface area contributed by atoms with Crippen LogP contribution in [0.4, 0.5) is 0 Å². The predicted molar refractivity (Wildman–Crippen MR) is 154 cm³/mol. The average Bonchev–Trinajstić information content (AvgIpc) is 3.67. The lowest BCUT2D eigenvalue weighted by atomic mass is 9.84. The standard InChI is InChI=1S/C30H35N5O4S/c1-2-3-20-40(38,39)34-28(27(23-12-6-4-7-13-23)24-14-8-5-9-15-24)30(37)35-19-11-17-26(35)29(36)32-18-10-16-25-21-31-22-33-25/h4-9,12-15,21-22,26-28,34H,2-3,11,17-20H2,1H3,(H,31,33)(H,32,36)/t26-,28+/m0/s1. The zero-order valence-corrected chi connectivity index (χ0v) is 23.4. The van der Waals surface area contributed by atoms with Crippen LogP contribution in [0.5, 0.6) is 0 Å². The molecular weight excluding hydrogens is 526 g/mol. The Labute approximate surface area is 235 Å². The first-order valence-corrected chi connectivity index (χ1v) is 15.2. The minimum Gasteiger partial charge on any atom is -0.343 e. The maximum absolute atomic E-state index is 14.3. The van der Waals surface area contributed by atoms with Crippen molar-refractivity contribution in [2.75, 3.05) is 18.8 Å². The van der Waals surface area contributed by atoms with E-state index in [0.717, 1.165) is 11.1 Å². The fraction of sp³-hybridized carbons (Fsp3) is 0.367. The van der Waals surface area contributed by atoms with Gasteiger partial charge in [0.15, 0.2) is 0 Å². The highest BCUT2D eigenvalue weighted by Gasteiger charge is 2.42. The molecule has 3 N–H and O–H groups in total. The second-order valence-corrected chi connectivity index (χ2v) is 11.6. The normalized spacial score (nSPS) is 15.8. The van der Waals surface area contributed by atoms with Crippen LogP contribution in [0.15, 0.2) is 73.2 Å². The fourth-order valence-corrected chi connectivity index (χ4v) is 6.35. The summed E-state index contributed by atoms with van der Waals surface area (Å²) in [4.78, 5) is 35.7. The summed E-state index contributed by atoms with van der Waals surface area (Å²) in [6.07, 6.45) is 5.42. The molecule has 2 amide bonds. The number of hydrogen-bond donors (Lipinski definition) is 3. The van der Waals surface area contributed by atoms with E-state index in [-0.39, 0.29) is 18.2 Å². The number of imidazole rings is 1. The van der Waals surface area contributed by atoms with Gasteiger partial charge in [-0.15, -0.1) is 0 Å². The smallest absolute Gasteiger partial charge is 0.243 e. The number of sulfonamides is 1. The second kappa shape index (κ2) is 13.9. The van der Waals surface area contributed by atoms with Crippen LogP contribution in [0, 0.1) is 11.8 Å². The molecule has 9 nitrogen and oxygen atoms in total. The molecule has 1 aliphatic rings. The molecule has 1 aromatic heterocycles. The number of hydrogen-bond acceptors (Lipinski definition) is 5. The minimum atomic E-state index is -3.78. The van der Waals surface area contributed by atoms with E-state index < -0.39 is 33.9 Å². The Morgan fingerprint density at radius 3 is 2.38 bits per heavy atom. The minimum absolute atomic E-state index is 0.0809. The lowest BCUT2D eigenvalue weighted by Crippen LogP contribution is -2.55. The highest BCUT2D eigenvalue weighted by atomic mass is 32.2. The van der Waals surface area contributed by atoms with Gasteiger partial charge >= 0.3 is 0 Å². The van der Waals surface area contributed by atoms with Gasteiger partial charge in [-0.25, -0.2) is 18.1 Å².